The van der Waals surface area contributed by atoms with Gasteiger partial charge in [0, 0.05) is 65.8 Å². The minimum atomic E-state index is 0.631. The first-order chi connectivity index (χ1) is 30.2. The zero-order valence-electron chi connectivity index (χ0n) is 33.2. The van der Waals surface area contributed by atoms with E-state index in [9.17, 15) is 5.26 Å². The molecule has 9 aromatic carbocycles. The van der Waals surface area contributed by atoms with Gasteiger partial charge in [0.15, 0.2) is 0 Å². The lowest BCUT2D eigenvalue weighted by atomic mass is 10.0. The molecule has 0 aliphatic rings. The van der Waals surface area contributed by atoms with Crippen molar-refractivity contribution in [1.29, 1.82) is 5.26 Å². The molecule has 0 amide bonds. The topological polar surface area (TPSA) is 43.5 Å². The highest BCUT2D eigenvalue weighted by atomic mass is 15.0. The van der Waals surface area contributed by atoms with Crippen LogP contribution in [0.4, 0.5) is 0 Å². The van der Waals surface area contributed by atoms with E-state index in [2.05, 4.69) is 219 Å². The van der Waals surface area contributed by atoms with Crippen LogP contribution in [0.3, 0.4) is 0 Å². The number of aryl methyl sites for hydroxylation is 1. The smallest absolute Gasteiger partial charge is 0.0992 e. The summed E-state index contributed by atoms with van der Waals surface area (Å²) < 4.78 is 9.66. The third kappa shape index (κ3) is 4.59. The number of nitriles is 1. The zero-order chi connectivity index (χ0) is 40.3. The molecule has 0 aliphatic carbocycles. The van der Waals surface area contributed by atoms with Gasteiger partial charge in [-0.1, -0.05) is 103 Å². The number of hydrogen-bond acceptors (Lipinski definition) is 1. The lowest BCUT2D eigenvalue weighted by Crippen LogP contribution is -1.97. The van der Waals surface area contributed by atoms with Gasteiger partial charge >= 0.3 is 0 Å². The second kappa shape index (κ2) is 12.6. The Balaban J connectivity index is 1.18. The molecule has 5 heteroatoms. The first kappa shape index (κ1) is 33.6. The molecule has 0 atom stereocenters. The molecule has 5 nitrogen and oxygen atoms in total. The Morgan fingerprint density at radius 1 is 0.328 bits per heavy atom. The summed E-state index contributed by atoms with van der Waals surface area (Å²) in [6.45, 7) is 2.26. The Labute approximate surface area is 350 Å². The van der Waals surface area contributed by atoms with Crippen LogP contribution in [0.2, 0.25) is 0 Å². The van der Waals surface area contributed by atoms with Gasteiger partial charge in [-0.2, -0.15) is 5.26 Å². The van der Waals surface area contributed by atoms with E-state index < -0.39 is 0 Å². The van der Waals surface area contributed by atoms with Crippen LogP contribution in [0.15, 0.2) is 194 Å². The van der Waals surface area contributed by atoms with E-state index in [-0.39, 0.29) is 0 Å². The van der Waals surface area contributed by atoms with E-state index >= 15 is 0 Å². The van der Waals surface area contributed by atoms with Crippen molar-refractivity contribution < 1.29 is 0 Å². The Morgan fingerprint density at radius 2 is 0.836 bits per heavy atom. The van der Waals surface area contributed by atoms with E-state index in [4.69, 9.17) is 0 Å². The average Bonchev–Trinajstić information content (AvgIpc) is 4.04. The maximum atomic E-state index is 10.3. The summed E-state index contributed by atoms with van der Waals surface area (Å²) in [5, 5.41) is 19.8. The summed E-state index contributed by atoms with van der Waals surface area (Å²) in [6.07, 6.45) is 0. The first-order valence-corrected chi connectivity index (χ1v) is 20.8. The van der Waals surface area contributed by atoms with Gasteiger partial charge in [0.25, 0.3) is 0 Å². The maximum absolute atomic E-state index is 10.3. The molecule has 0 N–H and O–H groups in total. The van der Waals surface area contributed by atoms with E-state index in [1.54, 1.807) is 0 Å². The predicted octanol–water partition coefficient (Wildman–Crippen LogP) is 14.3. The minimum Gasteiger partial charge on any atom is -0.309 e. The molecule has 13 rings (SSSR count). The molecule has 0 radical (unpaired) electrons. The molecule has 0 aliphatic heterocycles. The van der Waals surface area contributed by atoms with Gasteiger partial charge in [-0.3, -0.25) is 0 Å². The molecule has 61 heavy (non-hydrogen) atoms. The Kier molecular flexibility index (Phi) is 6.94. The Hall–Kier alpha value is -8.33. The normalized spacial score (nSPS) is 12.0. The van der Waals surface area contributed by atoms with Gasteiger partial charge < -0.3 is 18.3 Å². The quantitative estimate of drug-likeness (QED) is 0.175. The van der Waals surface area contributed by atoms with Gasteiger partial charge in [0.2, 0.25) is 0 Å². The van der Waals surface area contributed by atoms with Crippen molar-refractivity contribution in [2.45, 2.75) is 6.92 Å². The monoisotopic (exact) mass is 777 g/mol. The number of para-hydroxylation sites is 5. The largest absolute Gasteiger partial charge is 0.309 e. The van der Waals surface area contributed by atoms with Crippen LogP contribution in [0.5, 0.6) is 0 Å². The number of nitrogens with zero attached hydrogens (tertiary/aromatic N) is 5. The Morgan fingerprint density at radius 3 is 1.52 bits per heavy atom. The van der Waals surface area contributed by atoms with Crippen molar-refractivity contribution >= 4 is 87.2 Å². The molecule has 0 unspecified atom stereocenters. The van der Waals surface area contributed by atoms with Crippen molar-refractivity contribution in [1.82, 2.24) is 18.3 Å². The zero-order valence-corrected chi connectivity index (χ0v) is 33.2. The second-order valence-corrected chi connectivity index (χ2v) is 16.1. The lowest BCUT2D eigenvalue weighted by molar-refractivity contribution is 1.16. The standard InChI is InChI=1S/C56H35N5/c1-35-31-51-54(43-22-12-14-24-47(43)58(51)37-15-5-2-6-16-37)56-52(35)45-33-40(26-29-48(45)61(56)39-19-9-4-10-20-39)59-49-30-28-42-41-21-11-13-23-46(41)60(38-17-7-3-8-18-38)55(42)53(49)44-27-25-36(34-57)32-50(44)59/h2-33H,1H3. The third-order valence-electron chi connectivity index (χ3n) is 12.8. The molecule has 4 aromatic heterocycles. The fourth-order valence-corrected chi connectivity index (χ4v) is 10.4. The SMILES string of the molecule is Cc1cc2c(c3ccccc3n2-c2ccccc2)c2c1c1cc(-n3c4cc(C#N)ccc4c4c3ccc3c5ccccc5n(-c5ccccc5)c34)ccc1n2-c1ccccc1. The van der Waals surface area contributed by atoms with Gasteiger partial charge in [-0.05, 0) is 103 Å². The summed E-state index contributed by atoms with van der Waals surface area (Å²) in [5.41, 5.74) is 15.4. The van der Waals surface area contributed by atoms with Crippen LogP contribution >= 0.6 is 0 Å². The predicted molar refractivity (Wildman–Crippen MR) is 253 cm³/mol. The molecule has 13 aromatic rings. The fraction of sp³-hybridized carbons (Fsp3) is 0.0179. The highest BCUT2D eigenvalue weighted by Crippen LogP contribution is 2.46. The summed E-state index contributed by atoms with van der Waals surface area (Å²) >= 11 is 0. The molecule has 0 bridgehead atoms. The van der Waals surface area contributed by atoms with Crippen LogP contribution in [-0.2, 0) is 0 Å². The summed E-state index contributed by atoms with van der Waals surface area (Å²) in [7, 11) is 0. The lowest BCUT2D eigenvalue weighted by Gasteiger charge is -2.11. The maximum Gasteiger partial charge on any atom is 0.0992 e. The number of hydrogen-bond donors (Lipinski definition) is 0. The van der Waals surface area contributed by atoms with Crippen molar-refractivity contribution in [3.05, 3.63) is 205 Å². The highest BCUT2D eigenvalue weighted by Gasteiger charge is 2.25. The van der Waals surface area contributed by atoms with Crippen LogP contribution in [0.1, 0.15) is 11.1 Å². The van der Waals surface area contributed by atoms with E-state index in [1.165, 1.54) is 54.4 Å². The summed E-state index contributed by atoms with van der Waals surface area (Å²) in [5.74, 6) is 0. The summed E-state index contributed by atoms with van der Waals surface area (Å²) in [6, 6.07) is 72.1. The van der Waals surface area contributed by atoms with Gasteiger partial charge in [0.1, 0.15) is 0 Å². The van der Waals surface area contributed by atoms with Crippen molar-refractivity contribution in [3.8, 4) is 28.8 Å². The minimum absolute atomic E-state index is 0.631. The van der Waals surface area contributed by atoms with E-state index in [1.807, 2.05) is 6.07 Å². The second-order valence-electron chi connectivity index (χ2n) is 16.1. The Bertz CT molecular complexity index is 3990. The van der Waals surface area contributed by atoms with Gasteiger partial charge in [0.05, 0.1) is 55.8 Å². The van der Waals surface area contributed by atoms with Crippen molar-refractivity contribution in [2.24, 2.45) is 0 Å². The van der Waals surface area contributed by atoms with Crippen LogP contribution in [0.25, 0.3) is 110 Å². The first-order valence-electron chi connectivity index (χ1n) is 20.8. The number of rotatable bonds is 4. The third-order valence-corrected chi connectivity index (χ3v) is 12.8. The van der Waals surface area contributed by atoms with Gasteiger partial charge in [-0.15, -0.1) is 0 Å². The highest BCUT2D eigenvalue weighted by molar-refractivity contribution is 6.28. The molecular weight excluding hydrogens is 743 g/mol. The van der Waals surface area contributed by atoms with Crippen molar-refractivity contribution in [3.63, 3.8) is 0 Å². The van der Waals surface area contributed by atoms with Crippen LogP contribution in [0, 0.1) is 18.3 Å². The number of benzene rings is 9. The molecule has 0 saturated carbocycles. The van der Waals surface area contributed by atoms with Crippen LogP contribution < -0.4 is 0 Å². The molecule has 0 fully saturated rings. The van der Waals surface area contributed by atoms with Gasteiger partial charge in [-0.25, -0.2) is 0 Å². The molecule has 284 valence electrons. The van der Waals surface area contributed by atoms with E-state index in [0.29, 0.717) is 5.56 Å². The molecular formula is C56H35N5. The molecule has 4 heterocycles. The van der Waals surface area contributed by atoms with E-state index in [0.717, 1.165) is 61.1 Å². The fourth-order valence-electron chi connectivity index (χ4n) is 10.4. The van der Waals surface area contributed by atoms with Crippen LogP contribution in [-0.4, -0.2) is 18.3 Å². The number of aromatic nitrogens is 4. The summed E-state index contributed by atoms with van der Waals surface area (Å²) in [4.78, 5) is 0. The molecule has 0 spiro atoms. The average molecular weight is 778 g/mol. The number of fused-ring (bicyclic) bond motifs is 14. The molecule has 0 saturated heterocycles. The van der Waals surface area contributed by atoms with Crippen molar-refractivity contribution in [2.75, 3.05) is 0 Å².